The van der Waals surface area contributed by atoms with Crippen molar-refractivity contribution in [3.05, 3.63) is 81.7 Å². The Morgan fingerprint density at radius 1 is 0.957 bits per heavy atom. The third kappa shape index (κ3) is 2.76. The lowest BCUT2D eigenvalue weighted by atomic mass is 10.0. The Hall–Kier alpha value is -2.51. The Kier molecular flexibility index (Phi) is 3.64. The van der Waals surface area contributed by atoms with Crippen LogP contribution >= 0.6 is 0 Å². The Labute approximate surface area is 132 Å². The molecule has 3 aromatic rings. The zero-order valence-corrected chi connectivity index (χ0v) is 12.3. The molecule has 116 valence electrons. The van der Waals surface area contributed by atoms with Gasteiger partial charge in [0.1, 0.15) is 11.7 Å². The van der Waals surface area contributed by atoms with Gasteiger partial charge in [-0.15, -0.1) is 0 Å². The standard InChI is InChI=1S/C17H16N4O2/c22-16-13(10-23-15-4-2-1-3-14(15)16)9-11-5-7-12(8-6-11)17-18-20-21-19-17/h1-8,10,17-21H,9H2. The third-order valence-corrected chi connectivity index (χ3v) is 3.95. The summed E-state index contributed by atoms with van der Waals surface area (Å²) in [5.74, 6) is 0. The van der Waals surface area contributed by atoms with Crippen LogP contribution in [0.15, 0.2) is 64.0 Å². The average molecular weight is 308 g/mol. The Morgan fingerprint density at radius 2 is 1.70 bits per heavy atom. The van der Waals surface area contributed by atoms with Crippen molar-refractivity contribution in [1.29, 1.82) is 0 Å². The lowest BCUT2D eigenvalue weighted by Gasteiger charge is -2.10. The summed E-state index contributed by atoms with van der Waals surface area (Å²) < 4.78 is 5.56. The van der Waals surface area contributed by atoms with Crippen molar-refractivity contribution in [3.8, 4) is 0 Å². The molecule has 0 aliphatic carbocycles. The molecule has 0 amide bonds. The molecule has 6 nitrogen and oxygen atoms in total. The monoisotopic (exact) mass is 308 g/mol. The van der Waals surface area contributed by atoms with Gasteiger partial charge in [0.05, 0.1) is 11.6 Å². The highest BCUT2D eigenvalue weighted by atomic mass is 16.3. The summed E-state index contributed by atoms with van der Waals surface area (Å²) in [6, 6.07) is 15.4. The summed E-state index contributed by atoms with van der Waals surface area (Å²) in [5, 5.41) is 0.623. The number of hydrogen-bond donors (Lipinski definition) is 4. The van der Waals surface area contributed by atoms with Gasteiger partial charge in [-0.1, -0.05) is 36.4 Å². The number of hydrazine groups is 3. The van der Waals surface area contributed by atoms with Crippen LogP contribution in [0.3, 0.4) is 0 Å². The molecule has 1 aliphatic rings. The molecule has 1 aromatic heterocycles. The number of benzene rings is 2. The van der Waals surface area contributed by atoms with E-state index in [1.807, 2.05) is 36.4 Å². The first-order valence-corrected chi connectivity index (χ1v) is 7.40. The predicted octanol–water partition coefficient (Wildman–Crippen LogP) is 1.50. The number of fused-ring (bicyclic) bond motifs is 1. The fraction of sp³-hybridized carbons (Fsp3) is 0.118. The molecule has 0 saturated carbocycles. The van der Waals surface area contributed by atoms with Gasteiger partial charge in [-0.25, -0.2) is 10.9 Å². The predicted molar refractivity (Wildman–Crippen MR) is 87.0 cm³/mol. The lowest BCUT2D eigenvalue weighted by Crippen LogP contribution is -2.33. The minimum Gasteiger partial charge on any atom is -0.464 e. The van der Waals surface area contributed by atoms with Crippen molar-refractivity contribution in [1.82, 2.24) is 21.9 Å². The van der Waals surface area contributed by atoms with E-state index in [1.165, 1.54) is 0 Å². The van der Waals surface area contributed by atoms with Gasteiger partial charge in [0, 0.05) is 12.0 Å². The summed E-state index contributed by atoms with van der Waals surface area (Å²) in [6.45, 7) is 0. The zero-order valence-electron chi connectivity index (χ0n) is 12.3. The van der Waals surface area contributed by atoms with Crippen LogP contribution in [0.5, 0.6) is 0 Å². The van der Waals surface area contributed by atoms with Gasteiger partial charge < -0.3 is 4.42 Å². The number of para-hydroxylation sites is 1. The summed E-state index contributed by atoms with van der Waals surface area (Å²) in [4.78, 5) is 12.5. The average Bonchev–Trinajstić information content (AvgIpc) is 3.13. The maximum Gasteiger partial charge on any atom is 0.196 e. The molecule has 23 heavy (non-hydrogen) atoms. The van der Waals surface area contributed by atoms with E-state index in [0.29, 0.717) is 23.0 Å². The van der Waals surface area contributed by atoms with Crippen molar-refractivity contribution >= 4 is 11.0 Å². The number of hydrogen-bond acceptors (Lipinski definition) is 6. The Balaban J connectivity index is 1.60. The van der Waals surface area contributed by atoms with Crippen LogP contribution in [0.25, 0.3) is 11.0 Å². The normalized spacial score (nSPS) is 15.3. The molecule has 0 bridgehead atoms. The van der Waals surface area contributed by atoms with Crippen molar-refractivity contribution in [3.63, 3.8) is 0 Å². The molecule has 0 unspecified atom stereocenters. The molecule has 0 radical (unpaired) electrons. The van der Waals surface area contributed by atoms with Crippen LogP contribution in [0.2, 0.25) is 0 Å². The second-order valence-electron chi connectivity index (χ2n) is 5.48. The summed E-state index contributed by atoms with van der Waals surface area (Å²) >= 11 is 0. The first kappa shape index (κ1) is 14.1. The molecular weight excluding hydrogens is 292 g/mol. The van der Waals surface area contributed by atoms with E-state index in [9.17, 15) is 4.79 Å². The quantitative estimate of drug-likeness (QED) is 0.587. The molecule has 2 heterocycles. The lowest BCUT2D eigenvalue weighted by molar-refractivity contribution is 0.554. The van der Waals surface area contributed by atoms with Crippen LogP contribution in [0.1, 0.15) is 22.9 Å². The van der Waals surface area contributed by atoms with Gasteiger partial charge in [0.2, 0.25) is 0 Å². The molecule has 1 aliphatic heterocycles. The van der Waals surface area contributed by atoms with E-state index in [2.05, 4.69) is 21.9 Å². The molecule has 1 saturated heterocycles. The molecule has 0 atom stereocenters. The van der Waals surface area contributed by atoms with Crippen LogP contribution in [-0.4, -0.2) is 0 Å². The number of rotatable bonds is 3. The Morgan fingerprint density at radius 3 is 2.48 bits per heavy atom. The van der Waals surface area contributed by atoms with Crippen molar-refractivity contribution in [2.45, 2.75) is 12.6 Å². The maximum absolute atomic E-state index is 12.5. The maximum atomic E-state index is 12.5. The summed E-state index contributed by atoms with van der Waals surface area (Å²) in [5.41, 5.74) is 15.1. The topological polar surface area (TPSA) is 78.3 Å². The molecule has 1 fully saturated rings. The van der Waals surface area contributed by atoms with E-state index in [0.717, 1.165) is 11.1 Å². The second kappa shape index (κ2) is 5.94. The summed E-state index contributed by atoms with van der Waals surface area (Å²) in [7, 11) is 0. The molecular formula is C17H16N4O2. The van der Waals surface area contributed by atoms with Gasteiger partial charge in [0.15, 0.2) is 5.43 Å². The Bertz CT molecular complexity index is 883. The highest BCUT2D eigenvalue weighted by molar-refractivity contribution is 5.76. The SMILES string of the molecule is O=c1c(Cc2ccc(C3NNNN3)cc2)coc2ccccc12. The van der Waals surface area contributed by atoms with E-state index in [4.69, 9.17) is 4.42 Å². The highest BCUT2D eigenvalue weighted by Gasteiger charge is 2.14. The molecule has 4 N–H and O–H groups in total. The molecule has 2 aromatic carbocycles. The molecule has 6 heteroatoms. The van der Waals surface area contributed by atoms with Crippen LogP contribution in [-0.2, 0) is 6.42 Å². The van der Waals surface area contributed by atoms with Crippen molar-refractivity contribution < 1.29 is 4.42 Å². The van der Waals surface area contributed by atoms with Crippen molar-refractivity contribution in [2.24, 2.45) is 0 Å². The minimum absolute atomic E-state index is 0.00906. The fourth-order valence-corrected chi connectivity index (χ4v) is 2.71. The van der Waals surface area contributed by atoms with Gasteiger partial charge in [-0.3, -0.25) is 4.79 Å². The minimum atomic E-state index is 0.00906. The van der Waals surface area contributed by atoms with E-state index in [1.54, 1.807) is 18.4 Å². The largest absolute Gasteiger partial charge is 0.464 e. The summed E-state index contributed by atoms with van der Waals surface area (Å²) in [6.07, 6.45) is 2.12. The first-order chi connectivity index (χ1) is 11.3. The van der Waals surface area contributed by atoms with Crippen LogP contribution < -0.4 is 27.3 Å². The van der Waals surface area contributed by atoms with Crippen LogP contribution in [0, 0.1) is 0 Å². The van der Waals surface area contributed by atoms with Gasteiger partial charge in [-0.05, 0) is 23.3 Å². The van der Waals surface area contributed by atoms with Gasteiger partial charge >= 0.3 is 0 Å². The third-order valence-electron chi connectivity index (χ3n) is 3.95. The smallest absolute Gasteiger partial charge is 0.196 e. The first-order valence-electron chi connectivity index (χ1n) is 7.40. The zero-order chi connectivity index (χ0) is 15.6. The van der Waals surface area contributed by atoms with Gasteiger partial charge in [-0.2, -0.15) is 11.1 Å². The van der Waals surface area contributed by atoms with Crippen LogP contribution in [0.4, 0.5) is 0 Å². The molecule has 0 spiro atoms. The highest BCUT2D eigenvalue weighted by Crippen LogP contribution is 2.16. The number of nitrogens with one attached hydrogen (secondary N) is 4. The van der Waals surface area contributed by atoms with E-state index < -0.39 is 0 Å². The molecule has 4 rings (SSSR count). The second-order valence-corrected chi connectivity index (χ2v) is 5.48. The fourth-order valence-electron chi connectivity index (χ4n) is 2.71. The van der Waals surface area contributed by atoms with Crippen molar-refractivity contribution in [2.75, 3.05) is 0 Å². The van der Waals surface area contributed by atoms with Gasteiger partial charge in [0.25, 0.3) is 0 Å². The van der Waals surface area contributed by atoms with E-state index >= 15 is 0 Å². The van der Waals surface area contributed by atoms with E-state index in [-0.39, 0.29) is 11.6 Å².